The van der Waals surface area contributed by atoms with E-state index < -0.39 is 0 Å². The van der Waals surface area contributed by atoms with Crippen molar-refractivity contribution in [3.05, 3.63) is 66.5 Å². The molecular weight excluding hydrogens is 386 g/mol. The van der Waals surface area contributed by atoms with E-state index in [4.69, 9.17) is 0 Å². The van der Waals surface area contributed by atoms with Gasteiger partial charge in [0.05, 0.1) is 5.69 Å². The predicted molar refractivity (Wildman–Crippen MR) is 110 cm³/mol. The molecule has 5 rings (SSSR count). The van der Waals surface area contributed by atoms with Gasteiger partial charge in [-0.2, -0.15) is 0 Å². The zero-order valence-corrected chi connectivity index (χ0v) is 16.4. The molecule has 0 radical (unpaired) electrons. The van der Waals surface area contributed by atoms with Gasteiger partial charge in [0.2, 0.25) is 0 Å². The van der Waals surface area contributed by atoms with E-state index in [-0.39, 0.29) is 11.6 Å². The fourth-order valence-corrected chi connectivity index (χ4v) is 4.11. The summed E-state index contributed by atoms with van der Waals surface area (Å²) in [4.78, 5) is 21.3. The summed E-state index contributed by atoms with van der Waals surface area (Å²) in [6, 6.07) is 11.0. The van der Waals surface area contributed by atoms with Gasteiger partial charge in [0.1, 0.15) is 5.82 Å². The third-order valence-corrected chi connectivity index (χ3v) is 5.67. The van der Waals surface area contributed by atoms with Gasteiger partial charge < -0.3 is 9.88 Å². The van der Waals surface area contributed by atoms with Crippen molar-refractivity contribution in [1.29, 1.82) is 0 Å². The third-order valence-electron chi connectivity index (χ3n) is 4.70. The number of thioether (sulfide) groups is 1. The lowest BCUT2D eigenvalue weighted by Gasteiger charge is -2.07. The first-order valence-electron chi connectivity index (χ1n) is 9.13. The molecule has 1 aliphatic rings. The Morgan fingerprint density at radius 3 is 2.69 bits per heavy atom. The quantitative estimate of drug-likeness (QED) is 0.563. The van der Waals surface area contributed by atoms with Gasteiger partial charge in [-0.1, -0.05) is 23.9 Å². The van der Waals surface area contributed by atoms with E-state index in [1.807, 2.05) is 31.2 Å². The largest absolute Gasteiger partial charge is 0.325 e. The fourth-order valence-electron chi connectivity index (χ4n) is 3.16. The molecule has 0 aliphatic carbocycles. The molecule has 0 saturated carbocycles. The Morgan fingerprint density at radius 1 is 1.14 bits per heavy atom. The van der Waals surface area contributed by atoms with E-state index in [0.29, 0.717) is 11.5 Å². The number of nitrogens with one attached hydrogen (secondary N) is 1. The maximum Gasteiger partial charge on any atom is 0.276 e. The summed E-state index contributed by atoms with van der Waals surface area (Å²) in [5, 5.41) is 12.1. The number of carbonyl (C=O) groups excluding carboxylic acids is 1. The molecule has 1 aliphatic heterocycles. The number of amides is 1. The Kier molecular flexibility index (Phi) is 4.36. The smallest absolute Gasteiger partial charge is 0.276 e. The van der Waals surface area contributed by atoms with Crippen molar-refractivity contribution >= 4 is 23.4 Å². The van der Waals surface area contributed by atoms with Crippen molar-refractivity contribution < 1.29 is 4.79 Å². The minimum absolute atomic E-state index is 0.248. The van der Waals surface area contributed by atoms with Crippen molar-refractivity contribution in [2.24, 2.45) is 0 Å². The molecular formula is C20H17N7OS. The second-order valence-electron chi connectivity index (χ2n) is 6.60. The second kappa shape index (κ2) is 7.17. The molecule has 0 unspecified atom stereocenters. The number of aromatic nitrogens is 6. The standard InChI is InChI=1S/C20H17N7OS/c1-13-21-8-9-27(13)18-7-6-16(24-25-18)19(28)22-15-4-2-14(3-5-15)17-12-26-10-11-29-20(26)23-17/h2-9,12H,10-11H2,1H3,(H,22,28). The average Bonchev–Trinajstić information content (AvgIpc) is 3.45. The molecule has 0 fully saturated rings. The lowest BCUT2D eigenvalue weighted by Crippen LogP contribution is -2.15. The zero-order valence-electron chi connectivity index (χ0n) is 15.6. The van der Waals surface area contributed by atoms with E-state index >= 15 is 0 Å². The molecule has 29 heavy (non-hydrogen) atoms. The molecule has 3 aromatic heterocycles. The maximum atomic E-state index is 12.5. The van der Waals surface area contributed by atoms with Crippen molar-refractivity contribution in [2.45, 2.75) is 18.6 Å². The summed E-state index contributed by atoms with van der Waals surface area (Å²) >= 11 is 1.77. The van der Waals surface area contributed by atoms with Gasteiger partial charge in [-0.05, 0) is 31.2 Å². The van der Waals surface area contributed by atoms with E-state index in [2.05, 4.69) is 36.2 Å². The van der Waals surface area contributed by atoms with Gasteiger partial charge in [0.25, 0.3) is 5.91 Å². The van der Waals surface area contributed by atoms with Crippen LogP contribution in [0.2, 0.25) is 0 Å². The number of carbonyl (C=O) groups is 1. The molecule has 9 heteroatoms. The van der Waals surface area contributed by atoms with Crippen molar-refractivity contribution in [3.63, 3.8) is 0 Å². The molecule has 144 valence electrons. The van der Waals surface area contributed by atoms with Gasteiger partial charge >= 0.3 is 0 Å². The Morgan fingerprint density at radius 2 is 2.00 bits per heavy atom. The minimum atomic E-state index is -0.309. The molecule has 4 heterocycles. The fraction of sp³-hybridized carbons (Fsp3) is 0.150. The van der Waals surface area contributed by atoms with Gasteiger partial charge in [-0.25, -0.2) is 9.97 Å². The van der Waals surface area contributed by atoms with Crippen LogP contribution in [0.3, 0.4) is 0 Å². The van der Waals surface area contributed by atoms with Crippen LogP contribution in [0.1, 0.15) is 16.3 Å². The molecule has 1 amide bonds. The molecule has 0 atom stereocenters. The SMILES string of the molecule is Cc1nccn1-c1ccc(C(=O)Nc2ccc(-c3cn4c(n3)SCC4)cc2)nn1. The van der Waals surface area contributed by atoms with Crippen molar-refractivity contribution in [3.8, 4) is 17.1 Å². The van der Waals surface area contributed by atoms with Gasteiger partial charge in [-0.15, -0.1) is 10.2 Å². The minimum Gasteiger partial charge on any atom is -0.325 e. The topological polar surface area (TPSA) is 90.5 Å². The van der Waals surface area contributed by atoms with Gasteiger partial charge in [0, 0.05) is 42.1 Å². The highest BCUT2D eigenvalue weighted by molar-refractivity contribution is 7.99. The average molecular weight is 403 g/mol. The Hall–Kier alpha value is -3.46. The van der Waals surface area contributed by atoms with Crippen molar-refractivity contribution in [1.82, 2.24) is 29.3 Å². The second-order valence-corrected chi connectivity index (χ2v) is 7.67. The van der Waals surface area contributed by atoms with Crippen molar-refractivity contribution in [2.75, 3.05) is 11.1 Å². The Bertz CT molecular complexity index is 1160. The monoisotopic (exact) mass is 403 g/mol. The summed E-state index contributed by atoms with van der Waals surface area (Å²) in [5.74, 6) is 2.19. The summed E-state index contributed by atoms with van der Waals surface area (Å²) in [5.41, 5.74) is 2.90. The van der Waals surface area contributed by atoms with E-state index in [9.17, 15) is 4.79 Å². The van der Waals surface area contributed by atoms with Crippen LogP contribution in [0.25, 0.3) is 17.1 Å². The first-order chi connectivity index (χ1) is 14.2. The first kappa shape index (κ1) is 17.6. The molecule has 0 saturated heterocycles. The number of nitrogens with zero attached hydrogens (tertiary/aromatic N) is 6. The molecule has 0 spiro atoms. The number of rotatable bonds is 4. The van der Waals surface area contributed by atoms with E-state index in [1.165, 1.54) is 0 Å². The van der Waals surface area contributed by atoms with Gasteiger partial charge in [0.15, 0.2) is 16.7 Å². The normalized spacial score (nSPS) is 12.7. The number of anilines is 1. The van der Waals surface area contributed by atoms with Crippen LogP contribution in [0.15, 0.2) is 60.1 Å². The summed E-state index contributed by atoms with van der Waals surface area (Å²) < 4.78 is 3.97. The molecule has 8 nitrogen and oxygen atoms in total. The first-order valence-corrected chi connectivity index (χ1v) is 10.1. The third kappa shape index (κ3) is 3.40. The van der Waals surface area contributed by atoms with Crippen LogP contribution < -0.4 is 5.32 Å². The number of hydrogen-bond donors (Lipinski definition) is 1. The summed E-state index contributed by atoms with van der Waals surface area (Å²) in [6.45, 7) is 2.88. The number of imidazole rings is 2. The van der Waals surface area contributed by atoms with Crippen LogP contribution in [-0.2, 0) is 6.54 Å². The van der Waals surface area contributed by atoms with Crippen LogP contribution in [0, 0.1) is 6.92 Å². The number of fused-ring (bicyclic) bond motifs is 1. The lowest BCUT2D eigenvalue weighted by molar-refractivity contribution is 0.102. The molecule has 0 bridgehead atoms. The molecule has 1 N–H and O–H groups in total. The summed E-state index contributed by atoms with van der Waals surface area (Å²) in [7, 11) is 0. The Balaban J connectivity index is 1.28. The number of benzene rings is 1. The highest BCUT2D eigenvalue weighted by atomic mass is 32.2. The van der Waals surface area contributed by atoms with E-state index in [1.54, 1.807) is 40.9 Å². The summed E-state index contributed by atoms with van der Waals surface area (Å²) in [6.07, 6.45) is 5.56. The number of aryl methyl sites for hydroxylation is 2. The highest BCUT2D eigenvalue weighted by Crippen LogP contribution is 2.29. The van der Waals surface area contributed by atoms with Gasteiger partial charge in [-0.3, -0.25) is 9.36 Å². The van der Waals surface area contributed by atoms with E-state index in [0.717, 1.165) is 34.5 Å². The maximum absolute atomic E-state index is 12.5. The molecule has 4 aromatic rings. The van der Waals surface area contributed by atoms with Crippen LogP contribution in [-0.4, -0.2) is 41.0 Å². The predicted octanol–water partition coefficient (Wildman–Crippen LogP) is 3.19. The molecule has 1 aromatic carbocycles. The van der Waals surface area contributed by atoms with Crippen LogP contribution in [0.5, 0.6) is 0 Å². The zero-order chi connectivity index (χ0) is 19.8. The van der Waals surface area contributed by atoms with Crippen LogP contribution >= 0.6 is 11.8 Å². The number of hydrogen-bond acceptors (Lipinski definition) is 6. The lowest BCUT2D eigenvalue weighted by atomic mass is 10.1. The van der Waals surface area contributed by atoms with Crippen LogP contribution in [0.4, 0.5) is 5.69 Å². The highest BCUT2D eigenvalue weighted by Gasteiger charge is 2.15. The Labute approximate surface area is 171 Å².